The maximum Gasteiger partial charge on any atom is 0.251 e. The van der Waals surface area contributed by atoms with Crippen LogP contribution in [0.15, 0.2) is 47.6 Å². The highest BCUT2D eigenvalue weighted by Gasteiger charge is 2.25. The van der Waals surface area contributed by atoms with Gasteiger partial charge in [0.05, 0.1) is 0 Å². The van der Waals surface area contributed by atoms with Crippen molar-refractivity contribution in [2.24, 2.45) is 16.3 Å². The molecule has 1 aliphatic heterocycles. The minimum absolute atomic E-state index is 0.0423. The van der Waals surface area contributed by atoms with Crippen molar-refractivity contribution in [1.82, 2.24) is 10.6 Å². The molecule has 0 aliphatic carbocycles. The SMILES string of the molecule is C=C1C(Nc2ccc(C(=O)NCCCOCC(=O)C(CC)CCNCCC)c(C)c2)=NC=CC1(C)C. The normalized spacial score (nSPS) is 15.4. The summed E-state index contributed by atoms with van der Waals surface area (Å²) >= 11 is 0. The second kappa shape index (κ2) is 14.7. The summed E-state index contributed by atoms with van der Waals surface area (Å²) in [6, 6.07) is 5.63. The number of anilines is 1. The lowest BCUT2D eigenvalue weighted by Gasteiger charge is -2.27. The number of amides is 1. The van der Waals surface area contributed by atoms with Crippen LogP contribution in [0.1, 0.15) is 69.3 Å². The van der Waals surface area contributed by atoms with Gasteiger partial charge in [-0.25, -0.2) is 4.99 Å². The van der Waals surface area contributed by atoms with E-state index in [9.17, 15) is 9.59 Å². The quantitative estimate of drug-likeness (QED) is 0.296. The predicted octanol–water partition coefficient (Wildman–Crippen LogP) is 5.04. The van der Waals surface area contributed by atoms with Gasteiger partial charge in [-0.15, -0.1) is 0 Å². The van der Waals surface area contributed by atoms with Crippen molar-refractivity contribution in [2.75, 3.05) is 38.2 Å². The first kappa shape index (κ1) is 29.5. The van der Waals surface area contributed by atoms with E-state index < -0.39 is 0 Å². The number of nitrogens with one attached hydrogen (secondary N) is 3. The molecule has 3 N–H and O–H groups in total. The molecule has 1 aliphatic rings. The summed E-state index contributed by atoms with van der Waals surface area (Å²) in [5, 5.41) is 9.60. The van der Waals surface area contributed by atoms with Gasteiger partial charge in [-0.1, -0.05) is 40.3 Å². The molecule has 1 heterocycles. The number of carbonyl (C=O) groups is 2. The van der Waals surface area contributed by atoms with Crippen LogP contribution in [0.5, 0.6) is 0 Å². The van der Waals surface area contributed by atoms with Crippen LogP contribution in [0, 0.1) is 18.3 Å². The molecule has 1 aromatic rings. The first-order valence-electron chi connectivity index (χ1n) is 13.1. The smallest absolute Gasteiger partial charge is 0.251 e. The standard InChI is InChI=1S/C29H44N4O3/c1-7-14-30-16-12-23(8-2)26(34)20-36-18-9-15-32-28(35)25-11-10-24(19-21(25)3)33-27-22(4)29(5,6)13-17-31-27/h10-11,13,17,19,23,30H,4,7-9,12,14-16,18,20H2,1-3,5-6H3,(H,31,33)(H,32,35). The van der Waals surface area contributed by atoms with Crippen LogP contribution in [0.25, 0.3) is 0 Å². The highest BCUT2D eigenvalue weighted by Crippen LogP contribution is 2.31. The summed E-state index contributed by atoms with van der Waals surface area (Å²) < 4.78 is 5.58. The molecule has 0 spiro atoms. The van der Waals surface area contributed by atoms with Crippen LogP contribution in [0.4, 0.5) is 5.69 Å². The first-order valence-corrected chi connectivity index (χ1v) is 13.1. The number of Topliss-reactive ketones (excluding diaryl/α,β-unsaturated/α-hetero) is 1. The number of hydrogen-bond donors (Lipinski definition) is 3. The number of aliphatic imine (C=N–C) groups is 1. The van der Waals surface area contributed by atoms with Crippen molar-refractivity contribution in [2.45, 2.75) is 60.3 Å². The summed E-state index contributed by atoms with van der Waals surface area (Å²) in [7, 11) is 0. The highest BCUT2D eigenvalue weighted by atomic mass is 16.5. The van der Waals surface area contributed by atoms with Gasteiger partial charge < -0.3 is 20.7 Å². The fraction of sp³-hybridized carbons (Fsp3) is 0.552. The lowest BCUT2D eigenvalue weighted by Crippen LogP contribution is -2.28. The van der Waals surface area contributed by atoms with E-state index in [-0.39, 0.29) is 29.6 Å². The monoisotopic (exact) mass is 496 g/mol. The molecule has 0 radical (unpaired) electrons. The Balaban J connectivity index is 1.72. The number of amidine groups is 1. The van der Waals surface area contributed by atoms with Crippen LogP contribution in [-0.4, -0.2) is 50.4 Å². The van der Waals surface area contributed by atoms with Crippen molar-refractivity contribution in [3.63, 3.8) is 0 Å². The Morgan fingerprint density at radius 3 is 2.64 bits per heavy atom. The van der Waals surface area contributed by atoms with E-state index in [1.807, 2.05) is 38.1 Å². The van der Waals surface area contributed by atoms with Crippen molar-refractivity contribution < 1.29 is 14.3 Å². The van der Waals surface area contributed by atoms with E-state index in [4.69, 9.17) is 4.74 Å². The Bertz CT molecular complexity index is 965. The molecule has 0 bridgehead atoms. The number of ether oxygens (including phenoxy) is 1. The topological polar surface area (TPSA) is 91.8 Å². The molecule has 0 aromatic heterocycles. The third kappa shape index (κ3) is 9.03. The van der Waals surface area contributed by atoms with Gasteiger partial charge in [0.25, 0.3) is 5.91 Å². The molecular weight excluding hydrogens is 452 g/mol. The molecule has 1 amide bonds. The lowest BCUT2D eigenvalue weighted by molar-refractivity contribution is -0.127. The lowest BCUT2D eigenvalue weighted by atomic mass is 9.83. The number of allylic oxidation sites excluding steroid dienone is 1. The molecule has 7 nitrogen and oxygen atoms in total. The summed E-state index contributed by atoms with van der Waals surface area (Å²) in [5.41, 5.74) is 3.13. The summed E-state index contributed by atoms with van der Waals surface area (Å²) in [6.45, 7) is 17.4. The minimum Gasteiger partial charge on any atom is -0.374 e. The van der Waals surface area contributed by atoms with Gasteiger partial charge in [0.2, 0.25) is 0 Å². The Morgan fingerprint density at radius 2 is 1.94 bits per heavy atom. The number of aryl methyl sites for hydroxylation is 1. The van der Waals surface area contributed by atoms with E-state index in [0.29, 0.717) is 25.1 Å². The second-order valence-corrected chi connectivity index (χ2v) is 9.92. The summed E-state index contributed by atoms with van der Waals surface area (Å²) in [4.78, 5) is 29.4. The van der Waals surface area contributed by atoms with E-state index in [2.05, 4.69) is 48.3 Å². The van der Waals surface area contributed by atoms with Crippen LogP contribution in [0.3, 0.4) is 0 Å². The zero-order valence-corrected chi connectivity index (χ0v) is 22.7. The molecule has 1 aromatic carbocycles. The van der Waals surface area contributed by atoms with E-state index in [1.54, 1.807) is 6.20 Å². The minimum atomic E-state index is -0.153. The fourth-order valence-electron chi connectivity index (χ4n) is 3.96. The Kier molecular flexibility index (Phi) is 12.0. The van der Waals surface area contributed by atoms with Crippen LogP contribution in [0.2, 0.25) is 0 Å². The number of hydrogen-bond acceptors (Lipinski definition) is 6. The third-order valence-corrected chi connectivity index (χ3v) is 6.53. The van der Waals surface area contributed by atoms with E-state index in [0.717, 1.165) is 55.0 Å². The van der Waals surface area contributed by atoms with Crippen LogP contribution in [-0.2, 0) is 9.53 Å². The number of carbonyl (C=O) groups excluding carboxylic acids is 2. The Morgan fingerprint density at radius 1 is 1.17 bits per heavy atom. The summed E-state index contributed by atoms with van der Waals surface area (Å²) in [5.74, 6) is 0.812. The van der Waals surface area contributed by atoms with Gasteiger partial charge in [-0.3, -0.25) is 9.59 Å². The van der Waals surface area contributed by atoms with Crippen molar-refractivity contribution in [3.8, 4) is 0 Å². The molecular formula is C29H44N4O3. The first-order chi connectivity index (χ1) is 17.2. The molecule has 0 fully saturated rings. The van der Waals surface area contributed by atoms with Gasteiger partial charge >= 0.3 is 0 Å². The van der Waals surface area contributed by atoms with Gasteiger partial charge in [0, 0.05) is 41.9 Å². The predicted molar refractivity (Wildman–Crippen MR) is 149 cm³/mol. The fourth-order valence-corrected chi connectivity index (χ4v) is 3.96. The number of ketones is 1. The Hall–Kier alpha value is -2.77. The maximum absolute atomic E-state index is 12.6. The zero-order valence-electron chi connectivity index (χ0n) is 22.7. The number of benzene rings is 1. The van der Waals surface area contributed by atoms with Gasteiger partial charge in [-0.2, -0.15) is 0 Å². The summed E-state index contributed by atoms with van der Waals surface area (Å²) in [6.07, 6.45) is 7.24. The number of nitrogens with zero attached hydrogens (tertiary/aromatic N) is 1. The number of rotatable bonds is 15. The van der Waals surface area contributed by atoms with E-state index in [1.165, 1.54) is 0 Å². The van der Waals surface area contributed by atoms with Crippen LogP contribution < -0.4 is 16.0 Å². The average Bonchev–Trinajstić information content (AvgIpc) is 2.84. The molecule has 198 valence electrons. The molecule has 0 saturated heterocycles. The largest absolute Gasteiger partial charge is 0.374 e. The van der Waals surface area contributed by atoms with Crippen molar-refractivity contribution in [1.29, 1.82) is 0 Å². The van der Waals surface area contributed by atoms with Gasteiger partial charge in [0.15, 0.2) is 5.78 Å². The molecule has 1 atom stereocenters. The molecule has 7 heteroatoms. The third-order valence-electron chi connectivity index (χ3n) is 6.53. The maximum atomic E-state index is 12.6. The average molecular weight is 497 g/mol. The molecule has 1 unspecified atom stereocenters. The van der Waals surface area contributed by atoms with Gasteiger partial charge in [-0.05, 0) is 75.0 Å². The van der Waals surface area contributed by atoms with Crippen molar-refractivity contribution in [3.05, 3.63) is 53.8 Å². The van der Waals surface area contributed by atoms with E-state index >= 15 is 0 Å². The van der Waals surface area contributed by atoms with Gasteiger partial charge in [0.1, 0.15) is 12.4 Å². The molecule has 2 rings (SSSR count). The zero-order chi connectivity index (χ0) is 26.6. The molecule has 0 saturated carbocycles. The second-order valence-electron chi connectivity index (χ2n) is 9.92. The molecule has 36 heavy (non-hydrogen) atoms. The van der Waals surface area contributed by atoms with Crippen molar-refractivity contribution >= 4 is 23.2 Å². The van der Waals surface area contributed by atoms with Crippen LogP contribution >= 0.6 is 0 Å². The highest BCUT2D eigenvalue weighted by molar-refractivity contribution is 6.09. The Labute approximate surface area is 216 Å².